The number of carbonyl (C=O) groups is 1. The Morgan fingerprint density at radius 2 is 2.24 bits per heavy atom. The minimum Gasteiger partial charge on any atom is -0.311 e. The number of aromatic nitrogens is 1. The lowest BCUT2D eigenvalue weighted by molar-refractivity contribution is -0.117. The van der Waals surface area contributed by atoms with Crippen LogP contribution in [0.2, 0.25) is 0 Å². The maximum atomic E-state index is 11.9. The second-order valence-electron chi connectivity index (χ2n) is 4.24. The molecule has 0 N–H and O–H groups in total. The standard InChI is InChI=1S/C13H12N2OS/c16-13-6-10(17)8-15(13)12-3-1-2-9-7-14-5-4-11(9)12/h1-5,7,10,17H,6,8H2. The van der Waals surface area contributed by atoms with Gasteiger partial charge in [-0.1, -0.05) is 12.1 Å². The second kappa shape index (κ2) is 4.04. The average molecular weight is 244 g/mol. The highest BCUT2D eigenvalue weighted by Gasteiger charge is 2.29. The van der Waals surface area contributed by atoms with E-state index in [1.807, 2.05) is 35.4 Å². The van der Waals surface area contributed by atoms with Crippen molar-refractivity contribution in [2.75, 3.05) is 11.4 Å². The van der Waals surface area contributed by atoms with Gasteiger partial charge < -0.3 is 4.90 Å². The molecule has 1 aliphatic heterocycles. The van der Waals surface area contributed by atoms with Gasteiger partial charge in [-0.2, -0.15) is 12.6 Å². The number of hydrogen-bond acceptors (Lipinski definition) is 3. The summed E-state index contributed by atoms with van der Waals surface area (Å²) in [5.41, 5.74) is 0.964. The van der Waals surface area contributed by atoms with Crippen LogP contribution in [0, 0.1) is 0 Å². The molecule has 86 valence electrons. The number of fused-ring (bicyclic) bond motifs is 1. The van der Waals surface area contributed by atoms with Gasteiger partial charge >= 0.3 is 0 Å². The van der Waals surface area contributed by atoms with E-state index in [0.29, 0.717) is 13.0 Å². The van der Waals surface area contributed by atoms with Crippen LogP contribution in [-0.2, 0) is 4.79 Å². The summed E-state index contributed by atoms with van der Waals surface area (Å²) >= 11 is 4.38. The van der Waals surface area contributed by atoms with Crippen LogP contribution in [0.25, 0.3) is 10.8 Å². The first-order valence-electron chi connectivity index (χ1n) is 5.57. The molecular weight excluding hydrogens is 232 g/mol. The number of hydrogen-bond donors (Lipinski definition) is 1. The van der Waals surface area contributed by atoms with Crippen LogP contribution in [0.4, 0.5) is 5.69 Å². The Hall–Kier alpha value is -1.55. The van der Waals surface area contributed by atoms with Crippen molar-refractivity contribution in [3.8, 4) is 0 Å². The Kier molecular flexibility index (Phi) is 2.52. The summed E-state index contributed by atoms with van der Waals surface area (Å²) in [5.74, 6) is 0.148. The van der Waals surface area contributed by atoms with E-state index in [0.717, 1.165) is 16.5 Å². The van der Waals surface area contributed by atoms with Gasteiger partial charge in [-0.15, -0.1) is 0 Å². The Morgan fingerprint density at radius 1 is 1.35 bits per heavy atom. The van der Waals surface area contributed by atoms with Crippen molar-refractivity contribution in [3.05, 3.63) is 36.7 Å². The largest absolute Gasteiger partial charge is 0.311 e. The van der Waals surface area contributed by atoms with Crippen LogP contribution in [0.5, 0.6) is 0 Å². The Balaban J connectivity index is 2.14. The van der Waals surface area contributed by atoms with E-state index in [4.69, 9.17) is 0 Å². The van der Waals surface area contributed by atoms with Crippen molar-refractivity contribution in [2.45, 2.75) is 11.7 Å². The van der Waals surface area contributed by atoms with E-state index >= 15 is 0 Å². The van der Waals surface area contributed by atoms with Gasteiger partial charge in [0.2, 0.25) is 5.91 Å². The quantitative estimate of drug-likeness (QED) is 0.781. The molecule has 1 amide bonds. The molecule has 3 nitrogen and oxygen atoms in total. The molecule has 17 heavy (non-hydrogen) atoms. The van der Waals surface area contributed by atoms with Crippen LogP contribution >= 0.6 is 12.6 Å². The minimum absolute atomic E-state index is 0.139. The SMILES string of the molecule is O=C1CC(S)CN1c1cccc2cnccc12. The number of rotatable bonds is 1. The van der Waals surface area contributed by atoms with Crippen molar-refractivity contribution < 1.29 is 4.79 Å². The smallest absolute Gasteiger partial charge is 0.228 e. The molecule has 1 aliphatic rings. The highest BCUT2D eigenvalue weighted by atomic mass is 32.1. The van der Waals surface area contributed by atoms with Gasteiger partial charge in [-0.3, -0.25) is 9.78 Å². The summed E-state index contributed by atoms with van der Waals surface area (Å²) in [5, 5.41) is 2.26. The summed E-state index contributed by atoms with van der Waals surface area (Å²) in [6.45, 7) is 0.684. The fourth-order valence-corrected chi connectivity index (χ4v) is 2.58. The molecule has 0 spiro atoms. The zero-order chi connectivity index (χ0) is 11.8. The lowest BCUT2D eigenvalue weighted by atomic mass is 10.1. The maximum Gasteiger partial charge on any atom is 0.228 e. The Morgan fingerprint density at radius 3 is 3.00 bits per heavy atom. The monoisotopic (exact) mass is 244 g/mol. The predicted molar refractivity (Wildman–Crippen MR) is 71.5 cm³/mol. The maximum absolute atomic E-state index is 11.9. The van der Waals surface area contributed by atoms with Gasteiger partial charge in [0.1, 0.15) is 0 Å². The van der Waals surface area contributed by atoms with Crippen molar-refractivity contribution in [1.29, 1.82) is 0 Å². The van der Waals surface area contributed by atoms with Crippen molar-refractivity contribution in [2.24, 2.45) is 0 Å². The van der Waals surface area contributed by atoms with Gasteiger partial charge in [-0.25, -0.2) is 0 Å². The van der Waals surface area contributed by atoms with Gasteiger partial charge in [0.05, 0.1) is 5.69 Å². The van der Waals surface area contributed by atoms with Crippen LogP contribution < -0.4 is 4.90 Å². The highest BCUT2D eigenvalue weighted by Crippen LogP contribution is 2.30. The number of benzene rings is 1. The molecule has 1 aromatic heterocycles. The molecule has 0 aliphatic carbocycles. The first kappa shape index (κ1) is 10.6. The molecule has 3 rings (SSSR count). The molecule has 0 bridgehead atoms. The number of anilines is 1. The average Bonchev–Trinajstić information content (AvgIpc) is 2.68. The van der Waals surface area contributed by atoms with Gasteiger partial charge in [0.15, 0.2) is 0 Å². The summed E-state index contributed by atoms with van der Waals surface area (Å²) in [6, 6.07) is 7.89. The number of pyridine rings is 1. The molecule has 4 heteroatoms. The topological polar surface area (TPSA) is 33.2 Å². The van der Waals surface area contributed by atoms with Crippen LogP contribution in [0.3, 0.4) is 0 Å². The van der Waals surface area contributed by atoms with Gasteiger partial charge in [-0.05, 0) is 12.1 Å². The molecule has 1 fully saturated rings. The van der Waals surface area contributed by atoms with Gasteiger partial charge in [0.25, 0.3) is 0 Å². The lowest BCUT2D eigenvalue weighted by Gasteiger charge is -2.18. The fraction of sp³-hybridized carbons (Fsp3) is 0.231. The molecule has 1 atom stereocenters. The van der Waals surface area contributed by atoms with E-state index in [1.54, 1.807) is 6.20 Å². The van der Waals surface area contributed by atoms with Crippen LogP contribution in [0.1, 0.15) is 6.42 Å². The van der Waals surface area contributed by atoms with Crippen LogP contribution in [-0.4, -0.2) is 22.7 Å². The van der Waals surface area contributed by atoms with E-state index in [2.05, 4.69) is 17.6 Å². The predicted octanol–water partition coefficient (Wildman–Crippen LogP) is 2.27. The Bertz CT molecular complexity index is 579. The van der Waals surface area contributed by atoms with Crippen molar-refractivity contribution in [1.82, 2.24) is 4.98 Å². The first-order chi connectivity index (χ1) is 8.25. The normalized spacial score (nSPS) is 20.2. The van der Waals surface area contributed by atoms with Gasteiger partial charge in [0, 0.05) is 41.4 Å². The number of nitrogens with zero attached hydrogens (tertiary/aromatic N) is 2. The second-order valence-corrected chi connectivity index (χ2v) is 4.97. The molecule has 1 unspecified atom stereocenters. The lowest BCUT2D eigenvalue weighted by Crippen LogP contribution is -2.24. The third kappa shape index (κ3) is 1.78. The van der Waals surface area contributed by atoms with E-state index < -0.39 is 0 Å². The Labute approximate surface area is 105 Å². The van der Waals surface area contributed by atoms with Crippen LogP contribution in [0.15, 0.2) is 36.7 Å². The van der Waals surface area contributed by atoms with Crippen molar-refractivity contribution in [3.63, 3.8) is 0 Å². The molecule has 0 radical (unpaired) electrons. The zero-order valence-corrected chi connectivity index (χ0v) is 10.1. The fourth-order valence-electron chi connectivity index (χ4n) is 2.26. The van der Waals surface area contributed by atoms with E-state index in [1.165, 1.54) is 0 Å². The molecular formula is C13H12N2OS. The van der Waals surface area contributed by atoms with E-state index in [9.17, 15) is 4.79 Å². The summed E-state index contributed by atoms with van der Waals surface area (Å²) < 4.78 is 0. The van der Waals surface area contributed by atoms with E-state index in [-0.39, 0.29) is 11.2 Å². The summed E-state index contributed by atoms with van der Waals surface area (Å²) in [6.07, 6.45) is 4.09. The highest BCUT2D eigenvalue weighted by molar-refractivity contribution is 7.81. The first-order valence-corrected chi connectivity index (χ1v) is 6.08. The minimum atomic E-state index is 0.139. The third-order valence-electron chi connectivity index (χ3n) is 3.05. The molecule has 1 saturated heterocycles. The number of amides is 1. The van der Waals surface area contributed by atoms with Crippen molar-refractivity contribution >= 4 is 35.0 Å². The molecule has 2 aromatic rings. The molecule has 0 saturated carbocycles. The summed E-state index contributed by atoms with van der Waals surface area (Å²) in [7, 11) is 0. The third-order valence-corrected chi connectivity index (χ3v) is 3.40. The number of carbonyl (C=O) groups excluding carboxylic acids is 1. The molecule has 1 aromatic carbocycles. The number of thiol groups is 1. The molecule has 2 heterocycles. The zero-order valence-electron chi connectivity index (χ0n) is 9.21. The summed E-state index contributed by atoms with van der Waals surface area (Å²) in [4.78, 5) is 17.8.